The standard InChI is InChI=1S/C14H19ClN4O2/c1-9-11(15)10(18(2)17-9)8-19-13(21)16-12(20)14(19)6-4-3-5-7-14/h3-8H2,1-2H3,(H,16,20,21). The zero-order valence-corrected chi connectivity index (χ0v) is 13.0. The Balaban J connectivity index is 1.95. The minimum absolute atomic E-state index is 0.165. The van der Waals surface area contributed by atoms with Gasteiger partial charge in [0.15, 0.2) is 0 Å². The van der Waals surface area contributed by atoms with Crippen molar-refractivity contribution in [1.29, 1.82) is 0 Å². The van der Waals surface area contributed by atoms with Gasteiger partial charge >= 0.3 is 6.03 Å². The van der Waals surface area contributed by atoms with Crippen LogP contribution in [-0.4, -0.2) is 32.2 Å². The van der Waals surface area contributed by atoms with Crippen molar-refractivity contribution in [3.63, 3.8) is 0 Å². The van der Waals surface area contributed by atoms with Crippen LogP contribution in [0.2, 0.25) is 5.02 Å². The van der Waals surface area contributed by atoms with Crippen LogP contribution < -0.4 is 5.32 Å². The van der Waals surface area contributed by atoms with E-state index < -0.39 is 5.54 Å². The second-order valence-corrected chi connectivity index (χ2v) is 6.29. The van der Waals surface area contributed by atoms with Gasteiger partial charge in [0.25, 0.3) is 5.91 Å². The summed E-state index contributed by atoms with van der Waals surface area (Å²) in [6, 6.07) is -0.322. The van der Waals surface area contributed by atoms with Crippen molar-refractivity contribution >= 4 is 23.5 Å². The predicted octanol–water partition coefficient (Wildman–Crippen LogP) is 2.14. The first kappa shape index (κ1) is 14.4. The Morgan fingerprint density at radius 2 is 1.95 bits per heavy atom. The molecule has 0 aromatic carbocycles. The Hall–Kier alpha value is -1.56. The summed E-state index contributed by atoms with van der Waals surface area (Å²) in [7, 11) is 1.80. The van der Waals surface area contributed by atoms with Crippen LogP contribution >= 0.6 is 11.6 Å². The maximum absolute atomic E-state index is 12.3. The van der Waals surface area contributed by atoms with Crippen LogP contribution in [0.1, 0.15) is 43.5 Å². The van der Waals surface area contributed by atoms with E-state index in [0.29, 0.717) is 11.6 Å². The molecule has 3 amide bonds. The molecule has 2 aliphatic rings. The number of imide groups is 1. The molecule has 0 bridgehead atoms. The Morgan fingerprint density at radius 1 is 1.29 bits per heavy atom. The number of carbonyl (C=O) groups is 2. The van der Waals surface area contributed by atoms with Gasteiger partial charge in [-0.3, -0.25) is 14.8 Å². The first-order chi connectivity index (χ1) is 9.95. The summed E-state index contributed by atoms with van der Waals surface area (Å²) < 4.78 is 1.68. The lowest BCUT2D eigenvalue weighted by molar-refractivity contribution is -0.128. The van der Waals surface area contributed by atoms with Gasteiger partial charge in [-0.15, -0.1) is 0 Å². The highest BCUT2D eigenvalue weighted by Gasteiger charge is 2.53. The summed E-state index contributed by atoms with van der Waals surface area (Å²) in [4.78, 5) is 26.2. The number of halogens is 1. The summed E-state index contributed by atoms with van der Waals surface area (Å²) in [6.07, 6.45) is 4.49. The van der Waals surface area contributed by atoms with Crippen molar-refractivity contribution in [2.24, 2.45) is 7.05 Å². The molecule has 21 heavy (non-hydrogen) atoms. The zero-order chi connectivity index (χ0) is 15.2. The van der Waals surface area contributed by atoms with E-state index in [2.05, 4.69) is 10.4 Å². The van der Waals surface area contributed by atoms with E-state index >= 15 is 0 Å². The Bertz CT molecular complexity index is 604. The molecule has 1 aliphatic heterocycles. The zero-order valence-electron chi connectivity index (χ0n) is 12.3. The fourth-order valence-corrected chi connectivity index (χ4v) is 3.68. The number of aromatic nitrogens is 2. The van der Waals surface area contributed by atoms with Crippen LogP contribution in [0.15, 0.2) is 0 Å². The van der Waals surface area contributed by atoms with Gasteiger partial charge in [0.1, 0.15) is 5.54 Å². The van der Waals surface area contributed by atoms with Crippen LogP contribution in [0.3, 0.4) is 0 Å². The maximum atomic E-state index is 12.3. The normalized spacial score (nSPS) is 21.2. The van der Waals surface area contributed by atoms with E-state index in [9.17, 15) is 9.59 Å². The number of carbonyl (C=O) groups excluding carboxylic acids is 2. The summed E-state index contributed by atoms with van der Waals surface area (Å²) in [5.41, 5.74) is 0.804. The molecule has 1 aliphatic carbocycles. The van der Waals surface area contributed by atoms with Gasteiger partial charge in [-0.1, -0.05) is 30.9 Å². The molecule has 6 nitrogen and oxygen atoms in total. The second-order valence-electron chi connectivity index (χ2n) is 5.91. The average molecular weight is 311 g/mol. The summed E-state index contributed by atoms with van der Waals surface area (Å²) in [5.74, 6) is -0.165. The highest BCUT2D eigenvalue weighted by Crippen LogP contribution is 2.38. The van der Waals surface area contributed by atoms with Gasteiger partial charge in [-0.05, 0) is 19.8 Å². The summed E-state index contributed by atoms with van der Waals surface area (Å²) in [5, 5.41) is 7.31. The highest BCUT2D eigenvalue weighted by molar-refractivity contribution is 6.31. The van der Waals surface area contributed by atoms with Crippen LogP contribution in [0.5, 0.6) is 0 Å². The van der Waals surface area contributed by atoms with Gasteiger partial charge in [0.05, 0.1) is 23.0 Å². The van der Waals surface area contributed by atoms with Crippen molar-refractivity contribution in [2.45, 2.75) is 51.1 Å². The highest BCUT2D eigenvalue weighted by atomic mass is 35.5. The lowest BCUT2D eigenvalue weighted by atomic mass is 9.80. The summed E-state index contributed by atoms with van der Waals surface area (Å²) >= 11 is 6.28. The van der Waals surface area contributed by atoms with Gasteiger partial charge in [0.2, 0.25) is 0 Å². The molecule has 1 spiro atoms. The van der Waals surface area contributed by atoms with E-state index in [4.69, 9.17) is 11.6 Å². The third-order valence-electron chi connectivity index (χ3n) is 4.66. The Morgan fingerprint density at radius 3 is 2.52 bits per heavy atom. The second kappa shape index (κ2) is 5.02. The SMILES string of the molecule is Cc1nn(C)c(CN2C(=O)NC(=O)C23CCCCC3)c1Cl. The minimum atomic E-state index is -0.698. The smallest absolute Gasteiger partial charge is 0.304 e. The first-order valence-electron chi connectivity index (χ1n) is 7.27. The maximum Gasteiger partial charge on any atom is 0.325 e. The molecule has 3 rings (SSSR count). The van der Waals surface area contributed by atoms with Crippen LogP contribution in [-0.2, 0) is 18.4 Å². The van der Waals surface area contributed by atoms with Crippen molar-refractivity contribution in [3.05, 3.63) is 16.4 Å². The fraction of sp³-hybridized carbons (Fsp3) is 0.643. The van der Waals surface area contributed by atoms with Gasteiger partial charge in [-0.2, -0.15) is 5.10 Å². The average Bonchev–Trinajstić information content (AvgIpc) is 2.82. The number of rotatable bonds is 2. The lowest BCUT2D eigenvalue weighted by Crippen LogP contribution is -2.50. The van der Waals surface area contributed by atoms with Crippen LogP contribution in [0.4, 0.5) is 4.79 Å². The fourth-order valence-electron chi connectivity index (χ4n) is 3.46. The summed E-state index contributed by atoms with van der Waals surface area (Å²) in [6.45, 7) is 2.14. The number of amides is 3. The van der Waals surface area contributed by atoms with E-state index in [0.717, 1.165) is 43.5 Å². The van der Waals surface area contributed by atoms with Gasteiger partial charge in [-0.25, -0.2) is 4.79 Å². The third kappa shape index (κ3) is 2.12. The Labute approximate surface area is 128 Å². The first-order valence-corrected chi connectivity index (χ1v) is 7.64. The molecular weight excluding hydrogens is 292 g/mol. The van der Waals surface area contributed by atoms with Crippen molar-refractivity contribution in [2.75, 3.05) is 0 Å². The van der Waals surface area contributed by atoms with Crippen molar-refractivity contribution < 1.29 is 9.59 Å². The molecule has 2 heterocycles. The molecular formula is C14H19ClN4O2. The molecule has 1 aromatic rings. The van der Waals surface area contributed by atoms with E-state index in [1.54, 1.807) is 16.6 Å². The number of nitrogens with zero attached hydrogens (tertiary/aromatic N) is 3. The Kier molecular flexibility index (Phi) is 3.43. The topological polar surface area (TPSA) is 67.2 Å². The number of nitrogens with one attached hydrogen (secondary N) is 1. The molecule has 7 heteroatoms. The molecule has 0 atom stereocenters. The van der Waals surface area contributed by atoms with E-state index in [1.165, 1.54) is 0 Å². The number of urea groups is 1. The predicted molar refractivity (Wildman–Crippen MR) is 77.9 cm³/mol. The molecule has 1 aromatic heterocycles. The van der Waals surface area contributed by atoms with Crippen molar-refractivity contribution in [1.82, 2.24) is 20.0 Å². The molecule has 0 radical (unpaired) electrons. The molecule has 114 valence electrons. The lowest BCUT2D eigenvalue weighted by Gasteiger charge is -2.38. The molecule has 1 N–H and O–H groups in total. The third-order valence-corrected chi connectivity index (χ3v) is 5.15. The van der Waals surface area contributed by atoms with E-state index in [1.807, 2.05) is 6.92 Å². The largest absolute Gasteiger partial charge is 0.325 e. The quantitative estimate of drug-likeness (QED) is 0.851. The number of hydrogen-bond donors (Lipinski definition) is 1. The molecule has 1 saturated heterocycles. The van der Waals surface area contributed by atoms with Crippen LogP contribution in [0, 0.1) is 6.92 Å². The number of hydrogen-bond acceptors (Lipinski definition) is 3. The number of aryl methyl sites for hydroxylation is 2. The van der Waals surface area contributed by atoms with Gasteiger partial charge < -0.3 is 4.90 Å². The van der Waals surface area contributed by atoms with Crippen molar-refractivity contribution in [3.8, 4) is 0 Å². The molecule has 2 fully saturated rings. The molecule has 0 unspecified atom stereocenters. The van der Waals surface area contributed by atoms with E-state index in [-0.39, 0.29) is 11.9 Å². The van der Waals surface area contributed by atoms with Crippen LogP contribution in [0.25, 0.3) is 0 Å². The minimum Gasteiger partial charge on any atom is -0.304 e. The van der Waals surface area contributed by atoms with Gasteiger partial charge in [0, 0.05) is 7.05 Å². The monoisotopic (exact) mass is 310 g/mol. The molecule has 1 saturated carbocycles.